The minimum Gasteiger partial charge on any atom is -0.336 e. The molecule has 0 spiro atoms. The van der Waals surface area contributed by atoms with Gasteiger partial charge in [-0.15, -0.1) is 0 Å². The number of nitrogens with zero attached hydrogens (tertiary/aromatic N) is 3. The first-order valence-electron chi connectivity index (χ1n) is 6.83. The Balaban J connectivity index is 1.74. The number of aromatic amines is 2. The summed E-state index contributed by atoms with van der Waals surface area (Å²) in [6, 6.07) is 2.70. The van der Waals surface area contributed by atoms with Crippen molar-refractivity contribution in [3.63, 3.8) is 0 Å². The second-order valence-corrected chi connectivity index (χ2v) is 5.08. The van der Waals surface area contributed by atoms with Crippen LogP contribution in [0.15, 0.2) is 29.2 Å². The van der Waals surface area contributed by atoms with E-state index in [9.17, 15) is 18.4 Å². The van der Waals surface area contributed by atoms with E-state index in [1.54, 1.807) is 0 Å². The predicted octanol–water partition coefficient (Wildman–Crippen LogP) is 0.999. The van der Waals surface area contributed by atoms with Crippen molar-refractivity contribution < 1.29 is 13.6 Å². The van der Waals surface area contributed by atoms with Gasteiger partial charge in [-0.1, -0.05) is 0 Å². The van der Waals surface area contributed by atoms with Gasteiger partial charge in [0.25, 0.3) is 5.56 Å². The fourth-order valence-corrected chi connectivity index (χ4v) is 2.13. The number of fused-ring (bicyclic) bond motifs is 1. The molecule has 0 saturated heterocycles. The maximum Gasteiger partial charge on any atom is 0.263 e. The van der Waals surface area contributed by atoms with Crippen LogP contribution in [0.4, 0.5) is 20.4 Å². The minimum absolute atomic E-state index is 0.00336. The van der Waals surface area contributed by atoms with Crippen molar-refractivity contribution >= 4 is 28.6 Å². The molecular weight excluding hydrogens is 322 g/mol. The minimum atomic E-state index is -0.797. The van der Waals surface area contributed by atoms with Crippen LogP contribution in [0.5, 0.6) is 0 Å². The van der Waals surface area contributed by atoms with Crippen LogP contribution in [0.25, 0.3) is 11.0 Å². The number of nitrogens with one attached hydrogen (secondary N) is 3. The summed E-state index contributed by atoms with van der Waals surface area (Å²) in [5.41, 5.74) is -0.118. The summed E-state index contributed by atoms with van der Waals surface area (Å²) in [6.45, 7) is -0.194. The Kier molecular flexibility index (Phi) is 3.94. The summed E-state index contributed by atoms with van der Waals surface area (Å²) in [6.07, 6.45) is 1.34. The van der Waals surface area contributed by atoms with Crippen LogP contribution < -0.4 is 15.8 Å². The number of carbonyl (C=O) groups excluding carboxylic acids is 1. The molecule has 3 rings (SSSR count). The lowest BCUT2D eigenvalue weighted by molar-refractivity contribution is -0.114. The van der Waals surface area contributed by atoms with Gasteiger partial charge in [-0.25, -0.2) is 8.78 Å². The second-order valence-electron chi connectivity index (χ2n) is 5.08. The third kappa shape index (κ3) is 3.21. The Labute approximate surface area is 133 Å². The molecule has 8 nitrogen and oxygen atoms in total. The highest BCUT2D eigenvalue weighted by molar-refractivity contribution is 5.93. The molecule has 1 amide bonds. The van der Waals surface area contributed by atoms with Gasteiger partial charge in [0.05, 0.1) is 12.7 Å². The first kappa shape index (κ1) is 15.6. The molecule has 1 aromatic carbocycles. The van der Waals surface area contributed by atoms with Gasteiger partial charge < -0.3 is 10.2 Å². The van der Waals surface area contributed by atoms with Crippen LogP contribution >= 0.6 is 0 Å². The molecule has 0 bridgehead atoms. The largest absolute Gasteiger partial charge is 0.336 e. The highest BCUT2D eigenvalue weighted by Gasteiger charge is 2.13. The molecule has 2 aromatic heterocycles. The van der Waals surface area contributed by atoms with Crippen molar-refractivity contribution in [3.05, 3.63) is 46.4 Å². The molecule has 0 aliphatic rings. The Morgan fingerprint density at radius 1 is 1.29 bits per heavy atom. The van der Waals surface area contributed by atoms with Gasteiger partial charge in [-0.05, 0) is 12.1 Å². The van der Waals surface area contributed by atoms with E-state index in [-0.39, 0.29) is 23.8 Å². The zero-order valence-electron chi connectivity index (χ0n) is 12.4. The van der Waals surface area contributed by atoms with Crippen molar-refractivity contribution in [3.8, 4) is 0 Å². The topological polar surface area (TPSA) is 107 Å². The summed E-state index contributed by atoms with van der Waals surface area (Å²) in [4.78, 5) is 31.9. The Morgan fingerprint density at radius 3 is 2.71 bits per heavy atom. The van der Waals surface area contributed by atoms with Gasteiger partial charge >= 0.3 is 0 Å². The van der Waals surface area contributed by atoms with Gasteiger partial charge in [-0.2, -0.15) is 10.1 Å². The molecule has 3 N–H and O–H groups in total. The SMILES string of the molecule is CN(CC(=O)Nc1cc(F)cc(F)c1)c1nc2[nH]ncc2c(=O)[nH]1. The zero-order chi connectivity index (χ0) is 17.3. The number of anilines is 2. The van der Waals surface area contributed by atoms with Crippen molar-refractivity contribution in [2.45, 2.75) is 0 Å². The summed E-state index contributed by atoms with van der Waals surface area (Å²) in [5, 5.41) is 8.96. The van der Waals surface area contributed by atoms with Crippen molar-refractivity contribution in [1.82, 2.24) is 20.2 Å². The fourth-order valence-electron chi connectivity index (χ4n) is 2.13. The molecule has 24 heavy (non-hydrogen) atoms. The smallest absolute Gasteiger partial charge is 0.263 e. The van der Waals surface area contributed by atoms with Gasteiger partial charge in [0, 0.05) is 18.8 Å². The number of likely N-dealkylation sites (N-methyl/N-ethyl adjacent to an activating group) is 1. The molecule has 0 fully saturated rings. The highest BCUT2D eigenvalue weighted by Crippen LogP contribution is 2.13. The Hall–Kier alpha value is -3.30. The summed E-state index contributed by atoms with van der Waals surface area (Å²) < 4.78 is 26.2. The van der Waals surface area contributed by atoms with E-state index in [4.69, 9.17) is 0 Å². The number of hydrogen-bond acceptors (Lipinski definition) is 5. The van der Waals surface area contributed by atoms with Crippen LogP contribution in [-0.2, 0) is 4.79 Å². The molecule has 0 radical (unpaired) electrons. The predicted molar refractivity (Wildman–Crippen MR) is 82.8 cm³/mol. The van der Waals surface area contributed by atoms with E-state index in [0.717, 1.165) is 12.1 Å². The van der Waals surface area contributed by atoms with Crippen molar-refractivity contribution in [1.29, 1.82) is 0 Å². The van der Waals surface area contributed by atoms with E-state index in [1.807, 2.05) is 0 Å². The van der Waals surface area contributed by atoms with Gasteiger partial charge in [0.2, 0.25) is 11.9 Å². The van der Waals surface area contributed by atoms with Crippen molar-refractivity contribution in [2.24, 2.45) is 0 Å². The first-order chi connectivity index (χ1) is 11.4. The van der Waals surface area contributed by atoms with E-state index in [0.29, 0.717) is 11.5 Å². The lowest BCUT2D eigenvalue weighted by Gasteiger charge is -2.17. The Morgan fingerprint density at radius 2 is 2.00 bits per heavy atom. The monoisotopic (exact) mass is 334 g/mol. The van der Waals surface area contributed by atoms with Gasteiger partial charge in [0.15, 0.2) is 5.65 Å². The molecule has 0 aliphatic carbocycles. The standard InChI is InChI=1S/C14H12F2N6O2/c1-22(14-19-12-10(5-17-21-12)13(24)20-14)6-11(23)18-9-3-7(15)2-8(16)4-9/h2-5H,6H2,1H3,(H,18,23)(H2,17,19,20,21,24). The molecule has 0 unspecified atom stereocenters. The maximum absolute atomic E-state index is 13.1. The quantitative estimate of drug-likeness (QED) is 0.660. The summed E-state index contributed by atoms with van der Waals surface area (Å²) in [7, 11) is 1.53. The number of amides is 1. The number of halogens is 2. The highest BCUT2D eigenvalue weighted by atomic mass is 19.1. The van der Waals surface area contributed by atoms with Crippen LogP contribution in [0, 0.1) is 11.6 Å². The third-order valence-electron chi connectivity index (χ3n) is 3.20. The number of rotatable bonds is 4. The van der Waals surface area contributed by atoms with Crippen molar-refractivity contribution in [2.75, 3.05) is 23.8 Å². The lowest BCUT2D eigenvalue weighted by Crippen LogP contribution is -2.32. The molecule has 0 atom stereocenters. The average molecular weight is 334 g/mol. The average Bonchev–Trinajstić information content (AvgIpc) is 2.94. The summed E-state index contributed by atoms with van der Waals surface area (Å²) >= 11 is 0. The number of carbonyl (C=O) groups is 1. The third-order valence-corrected chi connectivity index (χ3v) is 3.20. The molecule has 0 aliphatic heterocycles. The van der Waals surface area contributed by atoms with E-state index in [1.165, 1.54) is 18.1 Å². The molecule has 0 saturated carbocycles. The van der Waals surface area contributed by atoms with Gasteiger partial charge in [-0.3, -0.25) is 19.7 Å². The number of aromatic nitrogens is 4. The van der Waals surface area contributed by atoms with Crippen LogP contribution in [0.3, 0.4) is 0 Å². The molecule has 124 valence electrons. The molecular formula is C14H12F2N6O2. The number of H-pyrrole nitrogens is 2. The zero-order valence-corrected chi connectivity index (χ0v) is 12.4. The molecule has 2 heterocycles. The van der Waals surface area contributed by atoms with Crippen LogP contribution in [0.1, 0.15) is 0 Å². The van der Waals surface area contributed by atoms with Crippen LogP contribution in [-0.4, -0.2) is 39.7 Å². The second kappa shape index (κ2) is 6.07. The number of hydrogen-bond donors (Lipinski definition) is 3. The lowest BCUT2D eigenvalue weighted by atomic mass is 10.3. The van der Waals surface area contributed by atoms with E-state index >= 15 is 0 Å². The molecule has 10 heteroatoms. The van der Waals surface area contributed by atoms with Gasteiger partial charge in [0.1, 0.15) is 17.0 Å². The van der Waals surface area contributed by atoms with E-state index < -0.39 is 23.1 Å². The maximum atomic E-state index is 13.1. The summed E-state index contributed by atoms with van der Waals surface area (Å²) in [5.74, 6) is -1.98. The normalized spacial score (nSPS) is 10.8. The van der Waals surface area contributed by atoms with Crippen LogP contribution in [0.2, 0.25) is 0 Å². The number of benzene rings is 1. The fraction of sp³-hybridized carbons (Fsp3) is 0.143. The Bertz CT molecular complexity index is 947. The first-order valence-corrected chi connectivity index (χ1v) is 6.83. The molecule has 3 aromatic rings. The van der Waals surface area contributed by atoms with E-state index in [2.05, 4.69) is 25.5 Å².